The van der Waals surface area contributed by atoms with E-state index in [-0.39, 0.29) is 5.91 Å². The SMILES string of the molecule is COc1cc(C(=O)N(CCCN)Cc2ccccc2-c2ccc(Cl)cc2)ccc1OCc1ccccc1. The quantitative estimate of drug-likeness (QED) is 0.245. The summed E-state index contributed by atoms with van der Waals surface area (Å²) in [4.78, 5) is 15.5. The van der Waals surface area contributed by atoms with Crippen LogP contribution < -0.4 is 15.2 Å². The molecule has 0 aromatic heterocycles. The lowest BCUT2D eigenvalue weighted by Crippen LogP contribution is -2.32. The lowest BCUT2D eigenvalue weighted by molar-refractivity contribution is 0.0742. The van der Waals surface area contributed by atoms with E-state index in [2.05, 4.69) is 6.07 Å². The summed E-state index contributed by atoms with van der Waals surface area (Å²) in [6, 6.07) is 31.1. The number of hydrogen-bond donors (Lipinski definition) is 1. The van der Waals surface area contributed by atoms with E-state index in [0.29, 0.717) is 54.7 Å². The molecule has 4 aromatic rings. The third-order valence-corrected chi connectivity index (χ3v) is 6.35. The maximum atomic E-state index is 13.7. The maximum Gasteiger partial charge on any atom is 0.254 e. The Morgan fingerprint density at radius 2 is 1.62 bits per heavy atom. The van der Waals surface area contributed by atoms with E-state index < -0.39 is 0 Å². The molecule has 0 bridgehead atoms. The van der Waals surface area contributed by atoms with Crippen molar-refractivity contribution in [2.24, 2.45) is 5.73 Å². The van der Waals surface area contributed by atoms with Crippen LogP contribution in [0.4, 0.5) is 0 Å². The van der Waals surface area contributed by atoms with Gasteiger partial charge in [-0.1, -0.05) is 78.3 Å². The summed E-state index contributed by atoms with van der Waals surface area (Å²) in [5.74, 6) is 1.01. The van der Waals surface area contributed by atoms with Gasteiger partial charge in [-0.2, -0.15) is 0 Å². The number of nitrogens with two attached hydrogens (primary N) is 1. The Balaban J connectivity index is 1.56. The van der Waals surface area contributed by atoms with Gasteiger partial charge in [0, 0.05) is 23.7 Å². The fourth-order valence-corrected chi connectivity index (χ4v) is 4.27. The highest BCUT2D eigenvalue weighted by Gasteiger charge is 2.20. The summed E-state index contributed by atoms with van der Waals surface area (Å²) in [5.41, 5.74) is 10.5. The summed E-state index contributed by atoms with van der Waals surface area (Å²) in [6.45, 7) is 1.90. The Labute approximate surface area is 223 Å². The molecule has 4 rings (SSSR count). The van der Waals surface area contributed by atoms with Crippen molar-refractivity contribution >= 4 is 17.5 Å². The van der Waals surface area contributed by atoms with Crippen molar-refractivity contribution in [1.82, 2.24) is 4.90 Å². The van der Waals surface area contributed by atoms with Crippen LogP contribution in [-0.4, -0.2) is 31.0 Å². The minimum absolute atomic E-state index is 0.0905. The predicted octanol–water partition coefficient (Wildman–Crippen LogP) is 6.59. The molecule has 6 heteroatoms. The summed E-state index contributed by atoms with van der Waals surface area (Å²) < 4.78 is 11.5. The smallest absolute Gasteiger partial charge is 0.254 e. The molecule has 190 valence electrons. The van der Waals surface area contributed by atoms with Gasteiger partial charge in [0.15, 0.2) is 11.5 Å². The van der Waals surface area contributed by atoms with Gasteiger partial charge in [0.2, 0.25) is 0 Å². The van der Waals surface area contributed by atoms with Crippen molar-refractivity contribution in [3.05, 3.63) is 119 Å². The van der Waals surface area contributed by atoms with E-state index >= 15 is 0 Å². The van der Waals surface area contributed by atoms with E-state index in [0.717, 1.165) is 22.3 Å². The number of rotatable bonds is 11. The average Bonchev–Trinajstić information content (AvgIpc) is 2.95. The van der Waals surface area contributed by atoms with Crippen LogP contribution in [0.3, 0.4) is 0 Å². The molecule has 37 heavy (non-hydrogen) atoms. The molecule has 1 amide bonds. The van der Waals surface area contributed by atoms with Gasteiger partial charge >= 0.3 is 0 Å². The van der Waals surface area contributed by atoms with Crippen LogP contribution >= 0.6 is 11.6 Å². The minimum atomic E-state index is -0.0905. The van der Waals surface area contributed by atoms with Crippen LogP contribution in [0.25, 0.3) is 11.1 Å². The number of benzene rings is 4. The number of nitrogens with zero attached hydrogens (tertiary/aromatic N) is 1. The Kier molecular flexibility index (Phi) is 9.19. The molecule has 0 saturated carbocycles. The lowest BCUT2D eigenvalue weighted by Gasteiger charge is -2.25. The van der Waals surface area contributed by atoms with Crippen LogP contribution in [0.1, 0.15) is 27.9 Å². The molecule has 0 aliphatic carbocycles. The van der Waals surface area contributed by atoms with Gasteiger partial charge in [0.05, 0.1) is 7.11 Å². The molecule has 5 nitrogen and oxygen atoms in total. The molecule has 0 radical (unpaired) electrons. The van der Waals surface area contributed by atoms with Crippen molar-refractivity contribution in [1.29, 1.82) is 0 Å². The summed E-state index contributed by atoms with van der Waals surface area (Å²) in [6.07, 6.45) is 0.699. The van der Waals surface area contributed by atoms with Gasteiger partial charge in [-0.05, 0) is 65.6 Å². The first-order valence-corrected chi connectivity index (χ1v) is 12.6. The number of hydrogen-bond acceptors (Lipinski definition) is 4. The third kappa shape index (κ3) is 6.91. The van der Waals surface area contributed by atoms with E-state index in [9.17, 15) is 4.79 Å². The summed E-state index contributed by atoms with van der Waals surface area (Å²) in [7, 11) is 1.58. The van der Waals surface area contributed by atoms with E-state index in [4.69, 9.17) is 26.8 Å². The maximum absolute atomic E-state index is 13.7. The highest BCUT2D eigenvalue weighted by Crippen LogP contribution is 2.31. The molecule has 0 unspecified atom stereocenters. The van der Waals surface area contributed by atoms with Crippen molar-refractivity contribution in [2.45, 2.75) is 19.6 Å². The number of carbonyl (C=O) groups excluding carboxylic acids is 1. The first-order valence-electron chi connectivity index (χ1n) is 12.3. The Morgan fingerprint density at radius 1 is 0.892 bits per heavy atom. The van der Waals surface area contributed by atoms with Crippen molar-refractivity contribution in [2.75, 3.05) is 20.2 Å². The molecule has 2 N–H and O–H groups in total. The van der Waals surface area contributed by atoms with Crippen molar-refractivity contribution in [3.63, 3.8) is 0 Å². The van der Waals surface area contributed by atoms with Crippen LogP contribution in [-0.2, 0) is 13.2 Å². The topological polar surface area (TPSA) is 64.8 Å². The largest absolute Gasteiger partial charge is 0.493 e. The second kappa shape index (κ2) is 12.9. The Hall–Kier alpha value is -3.80. The first kappa shape index (κ1) is 26.3. The van der Waals surface area contributed by atoms with Crippen LogP contribution in [0.2, 0.25) is 5.02 Å². The van der Waals surface area contributed by atoms with Gasteiger partial charge in [-0.3, -0.25) is 4.79 Å². The molecule has 0 fully saturated rings. The first-order chi connectivity index (χ1) is 18.1. The van der Waals surface area contributed by atoms with Gasteiger partial charge in [-0.15, -0.1) is 0 Å². The molecule has 0 saturated heterocycles. The van der Waals surface area contributed by atoms with Crippen molar-refractivity contribution in [3.8, 4) is 22.6 Å². The van der Waals surface area contributed by atoms with Gasteiger partial charge in [-0.25, -0.2) is 0 Å². The number of methoxy groups -OCH3 is 1. The summed E-state index contributed by atoms with van der Waals surface area (Å²) in [5, 5.41) is 0.686. The minimum Gasteiger partial charge on any atom is -0.493 e. The highest BCUT2D eigenvalue weighted by atomic mass is 35.5. The zero-order valence-corrected chi connectivity index (χ0v) is 21.7. The van der Waals surface area contributed by atoms with E-state index in [1.807, 2.05) is 77.7 Å². The highest BCUT2D eigenvalue weighted by molar-refractivity contribution is 6.30. The van der Waals surface area contributed by atoms with Crippen LogP contribution in [0, 0.1) is 0 Å². The molecule has 0 spiro atoms. The van der Waals surface area contributed by atoms with Gasteiger partial charge in [0.1, 0.15) is 6.61 Å². The number of carbonyl (C=O) groups is 1. The number of amides is 1. The second-order valence-electron chi connectivity index (χ2n) is 8.67. The van der Waals surface area contributed by atoms with E-state index in [1.165, 1.54) is 0 Å². The molecular weight excluding hydrogens is 484 g/mol. The molecular formula is C31H31ClN2O3. The van der Waals surface area contributed by atoms with Crippen molar-refractivity contribution < 1.29 is 14.3 Å². The molecule has 0 heterocycles. The monoisotopic (exact) mass is 514 g/mol. The number of halogens is 1. The fourth-order valence-electron chi connectivity index (χ4n) is 4.15. The standard InChI is InChI=1S/C31H31ClN2O3/c1-36-30-20-25(14-17-29(30)37-22-23-8-3-2-4-9-23)31(35)34(19-7-18-33)21-26-10-5-6-11-28(26)24-12-15-27(32)16-13-24/h2-6,8-17,20H,7,18-19,21-22,33H2,1H3. The molecule has 0 atom stereocenters. The van der Waals surface area contributed by atoms with Gasteiger partial charge < -0.3 is 20.1 Å². The third-order valence-electron chi connectivity index (χ3n) is 6.10. The number of ether oxygens (including phenoxy) is 2. The molecule has 0 aliphatic rings. The van der Waals surface area contributed by atoms with Crippen LogP contribution in [0.15, 0.2) is 97.1 Å². The Bertz CT molecular complexity index is 1310. The summed E-state index contributed by atoms with van der Waals surface area (Å²) >= 11 is 6.09. The fraction of sp³-hybridized carbons (Fsp3) is 0.194. The molecule has 0 aliphatic heterocycles. The lowest BCUT2D eigenvalue weighted by atomic mass is 9.99. The normalized spacial score (nSPS) is 10.7. The predicted molar refractivity (Wildman–Crippen MR) is 149 cm³/mol. The zero-order valence-electron chi connectivity index (χ0n) is 20.9. The van der Waals surface area contributed by atoms with E-state index in [1.54, 1.807) is 25.3 Å². The van der Waals surface area contributed by atoms with Crippen LogP contribution in [0.5, 0.6) is 11.5 Å². The average molecular weight is 515 g/mol. The Morgan fingerprint density at radius 3 is 2.35 bits per heavy atom. The molecule has 4 aromatic carbocycles. The zero-order chi connectivity index (χ0) is 26.0. The van der Waals surface area contributed by atoms with Gasteiger partial charge in [0.25, 0.3) is 5.91 Å². The second-order valence-corrected chi connectivity index (χ2v) is 9.11.